The average molecular weight is 473 g/mol. The number of nitrogens with one attached hydrogen (secondary N) is 2. The molecule has 8 heteroatoms. The van der Waals surface area contributed by atoms with Crippen LogP contribution in [0.2, 0.25) is 0 Å². The van der Waals surface area contributed by atoms with Crippen LogP contribution in [0.5, 0.6) is 0 Å². The number of rotatable bonds is 12. The Bertz CT molecular complexity index is 848. The van der Waals surface area contributed by atoms with Crippen LogP contribution < -0.4 is 5.32 Å². The largest absolute Gasteiger partial charge is 0.481 e. The number of fused-ring (bicyclic) bond motifs is 2. The van der Waals surface area contributed by atoms with Gasteiger partial charge in [-0.15, -0.1) is 5.10 Å². The molecule has 4 rings (SSSR count). The fraction of sp³-hybridized carbons (Fsp3) is 0.769. The molecular weight excluding hydrogens is 432 g/mol. The minimum atomic E-state index is -0.790. The van der Waals surface area contributed by atoms with Gasteiger partial charge in [-0.25, -0.2) is 4.98 Å². The second-order valence-electron chi connectivity index (χ2n) is 10.3. The van der Waals surface area contributed by atoms with E-state index in [2.05, 4.69) is 20.5 Å². The predicted molar refractivity (Wildman–Crippen MR) is 128 cm³/mol. The fourth-order valence-corrected chi connectivity index (χ4v) is 6.35. The summed E-state index contributed by atoms with van der Waals surface area (Å²) < 4.78 is 6.13. The number of hydrogen-bond donors (Lipinski definition) is 3. The molecule has 1 amide bonds. The second-order valence-corrected chi connectivity index (χ2v) is 10.3. The van der Waals surface area contributed by atoms with Gasteiger partial charge in [-0.05, 0) is 44.9 Å². The van der Waals surface area contributed by atoms with Crippen molar-refractivity contribution in [2.75, 3.05) is 6.54 Å². The molecule has 1 unspecified atom stereocenters. The lowest BCUT2D eigenvalue weighted by Crippen LogP contribution is -2.36. The molecule has 2 saturated heterocycles. The van der Waals surface area contributed by atoms with Crippen molar-refractivity contribution in [3.05, 3.63) is 23.8 Å². The average Bonchev–Trinajstić information content (AvgIpc) is 3.58. The zero-order valence-corrected chi connectivity index (χ0v) is 20.4. The third-order valence-electron chi connectivity index (χ3n) is 8.06. The second kappa shape index (κ2) is 12.0. The number of nitrogens with zero attached hydrogens (tertiary/aromatic N) is 2. The maximum Gasteiger partial charge on any atom is 0.306 e. The van der Waals surface area contributed by atoms with E-state index < -0.39 is 11.9 Å². The molecule has 34 heavy (non-hydrogen) atoms. The molecule has 8 nitrogen and oxygen atoms in total. The minimum absolute atomic E-state index is 0.0674. The molecule has 2 aliphatic heterocycles. The van der Waals surface area contributed by atoms with Gasteiger partial charge in [0, 0.05) is 12.5 Å². The Hall–Kier alpha value is -2.22. The lowest BCUT2D eigenvalue weighted by molar-refractivity contribution is -0.145. The lowest BCUT2D eigenvalue weighted by Gasteiger charge is -2.30. The number of unbranched alkanes of at least 4 members (excludes halogenated alkanes) is 1. The first-order valence-electron chi connectivity index (χ1n) is 13.3. The molecule has 3 N–H and O–H groups in total. The maximum absolute atomic E-state index is 12.6. The van der Waals surface area contributed by atoms with Crippen molar-refractivity contribution in [1.82, 2.24) is 20.5 Å². The molecule has 5 atom stereocenters. The first kappa shape index (κ1) is 24.9. The summed E-state index contributed by atoms with van der Waals surface area (Å²) in [6.45, 7) is 2.57. The van der Waals surface area contributed by atoms with Gasteiger partial charge in [0.1, 0.15) is 5.82 Å². The Morgan fingerprint density at radius 1 is 1.18 bits per heavy atom. The van der Waals surface area contributed by atoms with E-state index in [1.165, 1.54) is 38.5 Å². The monoisotopic (exact) mass is 472 g/mol. The van der Waals surface area contributed by atoms with E-state index >= 15 is 0 Å². The predicted octanol–water partition coefficient (Wildman–Crippen LogP) is 4.60. The Balaban J connectivity index is 1.32. The van der Waals surface area contributed by atoms with Crippen LogP contribution in [0.1, 0.15) is 106 Å². The molecule has 3 fully saturated rings. The smallest absolute Gasteiger partial charge is 0.306 e. The standard InChI is InChI=1S/C26H40N4O4/c1-2-3-5-13-18(26(32)33)21-19-14-15-20(34-19)22(21)23-28-24(30-29-23)25(31)27-16-9-8-12-17-10-6-4-7-11-17/h2-3,17-22H,4-16H2,1H3,(H,27,31)(H,32,33)(H,28,29,30)/t18-,19+,20-,21?,22-/m0/s1. The van der Waals surface area contributed by atoms with Crippen LogP contribution in [0.4, 0.5) is 0 Å². The van der Waals surface area contributed by atoms with E-state index in [4.69, 9.17) is 4.74 Å². The third-order valence-corrected chi connectivity index (χ3v) is 8.06. The van der Waals surface area contributed by atoms with Gasteiger partial charge in [0.05, 0.1) is 24.0 Å². The normalized spacial score (nSPS) is 27.9. The molecule has 0 spiro atoms. The van der Waals surface area contributed by atoms with E-state index in [-0.39, 0.29) is 35.8 Å². The van der Waals surface area contributed by atoms with Gasteiger partial charge in [0.25, 0.3) is 5.91 Å². The summed E-state index contributed by atoms with van der Waals surface area (Å²) in [5.41, 5.74) is 0. The summed E-state index contributed by atoms with van der Waals surface area (Å²) in [6, 6.07) is 0. The molecule has 3 aliphatic rings. The molecule has 188 valence electrons. The zero-order valence-electron chi connectivity index (χ0n) is 20.4. The first-order valence-corrected chi connectivity index (χ1v) is 13.3. The quantitative estimate of drug-likeness (QED) is 0.302. The van der Waals surface area contributed by atoms with Crippen LogP contribution in [0.15, 0.2) is 12.2 Å². The van der Waals surface area contributed by atoms with E-state index in [9.17, 15) is 14.7 Å². The van der Waals surface area contributed by atoms with Crippen molar-refractivity contribution < 1.29 is 19.4 Å². The molecule has 1 aliphatic carbocycles. The molecule has 2 bridgehead atoms. The topological polar surface area (TPSA) is 117 Å². The fourth-order valence-electron chi connectivity index (χ4n) is 6.35. The number of amides is 1. The Morgan fingerprint density at radius 2 is 1.97 bits per heavy atom. The minimum Gasteiger partial charge on any atom is -0.481 e. The number of allylic oxidation sites excluding steroid dienone is 2. The summed E-state index contributed by atoms with van der Waals surface area (Å²) in [5, 5.41) is 20.0. The number of aliphatic carboxylic acids is 1. The molecule has 0 radical (unpaired) electrons. The molecule has 0 aromatic carbocycles. The maximum atomic E-state index is 12.6. The van der Waals surface area contributed by atoms with Crippen molar-refractivity contribution in [3.8, 4) is 0 Å². The number of carbonyl (C=O) groups is 2. The highest BCUT2D eigenvalue weighted by atomic mass is 16.5. The highest BCUT2D eigenvalue weighted by Crippen LogP contribution is 2.51. The molecule has 3 heterocycles. The number of aromatic nitrogens is 3. The summed E-state index contributed by atoms with van der Waals surface area (Å²) in [5.74, 6) is -0.334. The van der Waals surface area contributed by atoms with E-state index in [1.807, 2.05) is 19.1 Å². The number of hydrogen-bond acceptors (Lipinski definition) is 5. The summed E-state index contributed by atoms with van der Waals surface area (Å²) in [4.78, 5) is 29.2. The van der Waals surface area contributed by atoms with E-state index in [1.54, 1.807) is 0 Å². The zero-order chi connectivity index (χ0) is 23.9. The van der Waals surface area contributed by atoms with Crippen LogP contribution in [-0.2, 0) is 9.53 Å². The Morgan fingerprint density at radius 3 is 2.74 bits per heavy atom. The summed E-state index contributed by atoms with van der Waals surface area (Å²) >= 11 is 0. The number of ether oxygens (including phenoxy) is 1. The number of carbonyl (C=O) groups excluding carboxylic acids is 1. The van der Waals surface area contributed by atoms with Gasteiger partial charge in [0.2, 0.25) is 5.82 Å². The van der Waals surface area contributed by atoms with Crippen LogP contribution in [-0.4, -0.2) is 50.9 Å². The van der Waals surface area contributed by atoms with Gasteiger partial charge in [-0.3, -0.25) is 14.7 Å². The van der Waals surface area contributed by atoms with Crippen LogP contribution in [0.3, 0.4) is 0 Å². The van der Waals surface area contributed by atoms with Crippen molar-refractivity contribution in [2.45, 2.75) is 102 Å². The summed E-state index contributed by atoms with van der Waals surface area (Å²) in [6.07, 6.45) is 17.1. The van der Waals surface area contributed by atoms with Crippen LogP contribution >= 0.6 is 0 Å². The van der Waals surface area contributed by atoms with E-state index in [0.717, 1.165) is 38.0 Å². The van der Waals surface area contributed by atoms with Gasteiger partial charge < -0.3 is 15.2 Å². The Labute approximate surface area is 202 Å². The molecule has 1 aromatic heterocycles. The van der Waals surface area contributed by atoms with Gasteiger partial charge in [0.15, 0.2) is 0 Å². The number of H-pyrrole nitrogens is 1. The molecule has 1 saturated carbocycles. The summed E-state index contributed by atoms with van der Waals surface area (Å²) in [7, 11) is 0. The van der Waals surface area contributed by atoms with Gasteiger partial charge in [-0.2, -0.15) is 0 Å². The van der Waals surface area contributed by atoms with Crippen molar-refractivity contribution >= 4 is 11.9 Å². The Kier molecular flexibility index (Phi) is 8.75. The number of carboxylic acids is 1. The van der Waals surface area contributed by atoms with Crippen molar-refractivity contribution in [1.29, 1.82) is 0 Å². The van der Waals surface area contributed by atoms with Crippen molar-refractivity contribution in [3.63, 3.8) is 0 Å². The number of aromatic amines is 1. The highest BCUT2D eigenvalue weighted by molar-refractivity contribution is 5.90. The van der Waals surface area contributed by atoms with Gasteiger partial charge in [-0.1, -0.05) is 57.1 Å². The lowest BCUT2D eigenvalue weighted by atomic mass is 9.70. The SMILES string of the molecule is CC=CCC[C@H](C(=O)O)C1[C@@H](c2nc(C(=O)NCCCCC3CCCCC3)n[nH]2)[C@@H]2CC[C@H]1O2. The number of carboxylic acid groups (broad SMARTS) is 1. The van der Waals surface area contributed by atoms with Gasteiger partial charge >= 0.3 is 5.97 Å². The molecule has 1 aromatic rings. The van der Waals surface area contributed by atoms with Crippen molar-refractivity contribution in [2.24, 2.45) is 17.8 Å². The van der Waals surface area contributed by atoms with E-state index in [0.29, 0.717) is 18.8 Å². The molecular formula is C26H40N4O4. The third kappa shape index (κ3) is 5.88. The van der Waals surface area contributed by atoms with Crippen LogP contribution in [0, 0.1) is 17.8 Å². The first-order chi connectivity index (χ1) is 16.6. The van der Waals surface area contributed by atoms with Crippen LogP contribution in [0.25, 0.3) is 0 Å². The highest BCUT2D eigenvalue weighted by Gasteiger charge is 2.55.